The summed E-state index contributed by atoms with van der Waals surface area (Å²) >= 11 is 0. The van der Waals surface area contributed by atoms with Gasteiger partial charge in [0.25, 0.3) is 0 Å². The molecule has 0 spiro atoms. The standard InChI is InChI=1S/C60H101NO18/c1-3-5-7-9-11-13-15-17-19-20-21-22-24-26-28-30-32-34-36-38-48(66)61-43(44(65)37-35-33-31-29-27-25-23-18-16-14-12-10-8-6-4-2)42-74-58-54(72)51(69)56(46(40-63)76-58)79-60-55(73)52(70)57(47(41-64)77-60)78-59-53(71)50(68)49(67)45(39-62)75-59/h5,7,11,13,17,19,21-22,26,28,32,34-35,37,43-47,49-60,62-65,67-73H,3-4,6,8-10,12,14-16,18,20,23-25,27,29-31,33,36,38-42H2,1-2H3,(H,61,66)/b7-5-,13-11-,19-17-,22-21-,28-26-,34-32-,37-35+. The van der Waals surface area contributed by atoms with Crippen LogP contribution < -0.4 is 5.32 Å². The molecule has 17 unspecified atom stereocenters. The van der Waals surface area contributed by atoms with Crippen molar-refractivity contribution in [3.8, 4) is 0 Å². The molecule has 454 valence electrons. The molecule has 0 aliphatic carbocycles. The van der Waals surface area contributed by atoms with E-state index in [1.807, 2.05) is 18.2 Å². The number of aliphatic hydroxyl groups excluding tert-OH is 11. The van der Waals surface area contributed by atoms with Crippen LogP contribution in [-0.4, -0.2) is 193 Å². The van der Waals surface area contributed by atoms with Crippen molar-refractivity contribution in [1.82, 2.24) is 5.32 Å². The first-order chi connectivity index (χ1) is 38.3. The van der Waals surface area contributed by atoms with Crippen LogP contribution in [0, 0.1) is 0 Å². The minimum atomic E-state index is -1.99. The number of allylic oxidation sites excluding steroid dienone is 13. The zero-order valence-corrected chi connectivity index (χ0v) is 47.1. The summed E-state index contributed by atoms with van der Waals surface area (Å²) in [5.41, 5.74) is 0. The number of carbonyl (C=O) groups is 1. The van der Waals surface area contributed by atoms with Crippen LogP contribution in [0.2, 0.25) is 0 Å². The van der Waals surface area contributed by atoms with Gasteiger partial charge in [-0.2, -0.15) is 0 Å². The van der Waals surface area contributed by atoms with Crippen molar-refractivity contribution in [2.75, 3.05) is 26.4 Å². The zero-order valence-electron chi connectivity index (χ0n) is 47.1. The number of amides is 1. The highest BCUT2D eigenvalue weighted by atomic mass is 16.8. The van der Waals surface area contributed by atoms with Crippen LogP contribution >= 0.6 is 0 Å². The third-order valence-electron chi connectivity index (χ3n) is 14.2. The number of rotatable bonds is 41. The van der Waals surface area contributed by atoms with Gasteiger partial charge in [-0.15, -0.1) is 0 Å². The molecule has 3 fully saturated rings. The van der Waals surface area contributed by atoms with E-state index < -0.39 is 131 Å². The molecule has 3 rings (SSSR count). The molecular formula is C60H101NO18. The van der Waals surface area contributed by atoms with Crippen molar-refractivity contribution in [3.05, 3.63) is 85.1 Å². The highest BCUT2D eigenvalue weighted by Crippen LogP contribution is 2.33. The molecule has 0 aromatic carbocycles. The normalized spacial score (nSPS) is 30.9. The molecule has 12 N–H and O–H groups in total. The summed E-state index contributed by atoms with van der Waals surface area (Å²) in [6.07, 6.45) is 24.3. The van der Waals surface area contributed by atoms with Gasteiger partial charge in [-0.3, -0.25) is 4.79 Å². The molecule has 3 heterocycles. The van der Waals surface area contributed by atoms with E-state index in [1.54, 1.807) is 6.08 Å². The van der Waals surface area contributed by atoms with E-state index in [9.17, 15) is 61.0 Å². The third-order valence-corrected chi connectivity index (χ3v) is 14.2. The van der Waals surface area contributed by atoms with Gasteiger partial charge in [0.15, 0.2) is 18.9 Å². The smallest absolute Gasteiger partial charge is 0.220 e. The average Bonchev–Trinajstić information content (AvgIpc) is 3.47. The highest BCUT2D eigenvalue weighted by Gasteiger charge is 2.53. The Morgan fingerprint density at radius 2 is 0.873 bits per heavy atom. The monoisotopic (exact) mass is 1120 g/mol. The lowest BCUT2D eigenvalue weighted by Gasteiger charge is -2.48. The van der Waals surface area contributed by atoms with Crippen LogP contribution in [0.5, 0.6) is 0 Å². The van der Waals surface area contributed by atoms with Crippen LogP contribution in [0.25, 0.3) is 0 Å². The average molecular weight is 1120 g/mol. The first-order valence-electron chi connectivity index (χ1n) is 29.3. The number of nitrogens with one attached hydrogen (secondary N) is 1. The quantitative estimate of drug-likeness (QED) is 0.0289. The minimum absolute atomic E-state index is 0.114. The molecule has 3 aliphatic heterocycles. The predicted molar refractivity (Wildman–Crippen MR) is 300 cm³/mol. The molecule has 0 radical (unpaired) electrons. The molecule has 0 bridgehead atoms. The van der Waals surface area contributed by atoms with Crippen LogP contribution in [0.1, 0.15) is 155 Å². The highest BCUT2D eigenvalue weighted by molar-refractivity contribution is 5.76. The van der Waals surface area contributed by atoms with E-state index in [1.165, 1.54) is 64.2 Å². The van der Waals surface area contributed by atoms with Gasteiger partial charge in [0.05, 0.1) is 38.6 Å². The number of carbonyl (C=O) groups excluding carboxylic acids is 1. The maximum absolute atomic E-state index is 13.3. The molecule has 3 aliphatic rings. The van der Waals surface area contributed by atoms with Gasteiger partial charge in [-0.05, 0) is 57.8 Å². The number of ether oxygens (including phenoxy) is 6. The van der Waals surface area contributed by atoms with Gasteiger partial charge >= 0.3 is 0 Å². The molecule has 17 atom stereocenters. The molecule has 79 heavy (non-hydrogen) atoms. The van der Waals surface area contributed by atoms with E-state index in [-0.39, 0.29) is 12.3 Å². The second-order valence-electron chi connectivity index (χ2n) is 20.7. The fraction of sp³-hybridized carbons (Fsp3) is 0.750. The second-order valence-corrected chi connectivity index (χ2v) is 20.7. The lowest BCUT2D eigenvalue weighted by Crippen LogP contribution is -2.66. The minimum Gasteiger partial charge on any atom is -0.394 e. The summed E-state index contributed by atoms with van der Waals surface area (Å²) in [7, 11) is 0. The van der Waals surface area contributed by atoms with Crippen LogP contribution in [-0.2, 0) is 33.2 Å². The van der Waals surface area contributed by atoms with Crippen molar-refractivity contribution in [2.45, 2.75) is 259 Å². The number of hydrogen-bond donors (Lipinski definition) is 12. The Labute approximate surface area is 470 Å². The zero-order chi connectivity index (χ0) is 57.6. The Bertz CT molecular complexity index is 1770. The van der Waals surface area contributed by atoms with Crippen LogP contribution in [0.4, 0.5) is 0 Å². The summed E-state index contributed by atoms with van der Waals surface area (Å²) in [4.78, 5) is 13.3. The topological polar surface area (TPSA) is 307 Å². The van der Waals surface area contributed by atoms with E-state index >= 15 is 0 Å². The largest absolute Gasteiger partial charge is 0.394 e. The molecule has 0 saturated carbocycles. The molecule has 0 aromatic heterocycles. The van der Waals surface area contributed by atoms with E-state index in [0.717, 1.165) is 57.8 Å². The Morgan fingerprint density at radius 1 is 0.468 bits per heavy atom. The SMILES string of the molecule is CC/C=C\C/C=C\C/C=C\C/C=C\C/C=C\C/C=C\CCC(=O)NC(COC1OC(CO)C(OC2OC(CO)C(OC3OC(CO)C(O)C(O)C3O)C(O)C2O)C(O)C1O)C(O)/C=C/CCCCCCCCCCCCCCC. The first-order valence-corrected chi connectivity index (χ1v) is 29.3. The molecule has 0 aromatic rings. The van der Waals surface area contributed by atoms with Gasteiger partial charge in [0, 0.05) is 6.42 Å². The van der Waals surface area contributed by atoms with Crippen molar-refractivity contribution in [2.24, 2.45) is 0 Å². The molecular weight excluding hydrogens is 1020 g/mol. The predicted octanol–water partition coefficient (Wildman–Crippen LogP) is 4.81. The summed E-state index contributed by atoms with van der Waals surface area (Å²) in [6.45, 7) is 1.52. The summed E-state index contributed by atoms with van der Waals surface area (Å²) < 4.78 is 34.2. The van der Waals surface area contributed by atoms with Gasteiger partial charge in [-0.1, -0.05) is 176 Å². The fourth-order valence-electron chi connectivity index (χ4n) is 9.39. The van der Waals surface area contributed by atoms with Crippen molar-refractivity contribution in [1.29, 1.82) is 0 Å². The van der Waals surface area contributed by atoms with Gasteiger partial charge in [0.2, 0.25) is 5.91 Å². The second kappa shape index (κ2) is 42.7. The van der Waals surface area contributed by atoms with Crippen molar-refractivity contribution < 1.29 is 89.4 Å². The summed E-state index contributed by atoms with van der Waals surface area (Å²) in [5, 5.41) is 120. The fourth-order valence-corrected chi connectivity index (χ4v) is 9.39. The van der Waals surface area contributed by atoms with E-state index in [4.69, 9.17) is 28.4 Å². The molecule has 19 heteroatoms. The Balaban J connectivity index is 1.55. The third kappa shape index (κ3) is 26.8. The molecule has 3 saturated heterocycles. The van der Waals surface area contributed by atoms with Gasteiger partial charge in [0.1, 0.15) is 73.2 Å². The number of aliphatic hydroxyl groups is 11. The summed E-state index contributed by atoms with van der Waals surface area (Å²) in [5.74, 6) is -0.362. The molecule has 19 nitrogen and oxygen atoms in total. The Kier molecular flexibility index (Phi) is 38.0. The summed E-state index contributed by atoms with van der Waals surface area (Å²) in [6, 6.07) is -1.02. The van der Waals surface area contributed by atoms with Crippen molar-refractivity contribution >= 4 is 5.91 Å². The number of hydrogen-bond acceptors (Lipinski definition) is 18. The number of unbranched alkanes of at least 4 members (excludes halogenated alkanes) is 13. The van der Waals surface area contributed by atoms with Crippen LogP contribution in [0.15, 0.2) is 85.1 Å². The van der Waals surface area contributed by atoms with E-state index in [2.05, 4.69) is 79.9 Å². The molecule has 1 amide bonds. The van der Waals surface area contributed by atoms with Gasteiger partial charge < -0.3 is 89.9 Å². The maximum atomic E-state index is 13.3. The first kappa shape index (κ1) is 70.2. The van der Waals surface area contributed by atoms with E-state index in [0.29, 0.717) is 12.8 Å². The Morgan fingerprint density at radius 3 is 1.34 bits per heavy atom. The maximum Gasteiger partial charge on any atom is 0.220 e. The van der Waals surface area contributed by atoms with Gasteiger partial charge in [-0.25, -0.2) is 0 Å². The van der Waals surface area contributed by atoms with Crippen LogP contribution in [0.3, 0.4) is 0 Å². The Hall–Kier alpha value is -3.03. The lowest BCUT2D eigenvalue weighted by molar-refractivity contribution is -0.379. The van der Waals surface area contributed by atoms with Crippen molar-refractivity contribution in [3.63, 3.8) is 0 Å². The lowest BCUT2D eigenvalue weighted by atomic mass is 9.96.